The molecule has 2 N–H and O–H groups in total. The molecule has 3 aromatic rings. The lowest BCUT2D eigenvalue weighted by molar-refractivity contribution is -0.121. The lowest BCUT2D eigenvalue weighted by Gasteiger charge is -2.07. The molecule has 2 heterocycles. The van der Waals surface area contributed by atoms with E-state index in [-0.39, 0.29) is 34.7 Å². The molecule has 0 bridgehead atoms. The zero-order chi connectivity index (χ0) is 19.6. The van der Waals surface area contributed by atoms with Crippen LogP contribution in [0.3, 0.4) is 0 Å². The molecule has 10 heteroatoms. The molecule has 0 saturated heterocycles. The first-order valence-corrected chi connectivity index (χ1v) is 7.78. The number of carbonyl (C=O) groups excluding carboxylic acids is 2. The third-order valence-corrected chi connectivity index (χ3v) is 3.61. The lowest BCUT2D eigenvalue weighted by atomic mass is 10.1. The summed E-state index contributed by atoms with van der Waals surface area (Å²) in [6.45, 7) is 3.23. The first kappa shape index (κ1) is 18.2. The van der Waals surface area contributed by atoms with E-state index in [0.717, 1.165) is 12.1 Å². The topological polar surface area (TPSA) is 110 Å². The molecule has 2 aromatic heterocycles. The summed E-state index contributed by atoms with van der Waals surface area (Å²) in [5.74, 6) is -2.75. The second-order valence-corrected chi connectivity index (χ2v) is 5.72. The normalized spacial score (nSPS) is 10.7. The van der Waals surface area contributed by atoms with Crippen LogP contribution in [-0.2, 0) is 11.2 Å². The third-order valence-electron chi connectivity index (χ3n) is 3.61. The van der Waals surface area contributed by atoms with Crippen molar-refractivity contribution >= 4 is 11.8 Å². The molecule has 2 amide bonds. The average molecular weight is 376 g/mol. The van der Waals surface area contributed by atoms with E-state index in [4.69, 9.17) is 9.05 Å². The molecule has 0 atom stereocenters. The van der Waals surface area contributed by atoms with E-state index >= 15 is 0 Å². The van der Waals surface area contributed by atoms with Crippen molar-refractivity contribution in [2.24, 2.45) is 0 Å². The van der Waals surface area contributed by atoms with Crippen molar-refractivity contribution in [3.05, 3.63) is 58.5 Å². The summed E-state index contributed by atoms with van der Waals surface area (Å²) in [5.41, 5.74) is 5.32. The van der Waals surface area contributed by atoms with Gasteiger partial charge in [0.05, 0.1) is 12.1 Å². The summed E-state index contributed by atoms with van der Waals surface area (Å²) in [7, 11) is 0. The van der Waals surface area contributed by atoms with Gasteiger partial charge in [-0.05, 0) is 31.5 Å². The molecule has 0 spiro atoms. The predicted octanol–water partition coefficient (Wildman–Crippen LogP) is 2.23. The minimum atomic E-state index is -1.06. The van der Waals surface area contributed by atoms with Gasteiger partial charge in [0.15, 0.2) is 17.3 Å². The molecule has 27 heavy (non-hydrogen) atoms. The fraction of sp³-hybridized carbons (Fsp3) is 0.176. The standard InChI is InChI=1S/C17H14F2N4O4/c1-8-5-13(23-26-8)16-15(9(2)22-27-16)17(25)21-20-14(24)7-10-3-4-11(18)12(19)6-10/h3-6H,7H2,1-2H3,(H,20,24)(H,21,25). The Hall–Kier alpha value is -3.56. The molecular formula is C17H14F2N4O4. The molecule has 3 rings (SSSR count). The number of amides is 2. The summed E-state index contributed by atoms with van der Waals surface area (Å²) in [6, 6.07) is 4.67. The summed E-state index contributed by atoms with van der Waals surface area (Å²) in [4.78, 5) is 24.3. The maximum absolute atomic E-state index is 13.2. The Morgan fingerprint density at radius 3 is 2.48 bits per heavy atom. The summed E-state index contributed by atoms with van der Waals surface area (Å²) in [5, 5.41) is 7.50. The van der Waals surface area contributed by atoms with E-state index < -0.39 is 23.4 Å². The van der Waals surface area contributed by atoms with Crippen LogP contribution >= 0.6 is 0 Å². The van der Waals surface area contributed by atoms with Crippen LogP contribution in [0.15, 0.2) is 33.3 Å². The molecule has 0 aliphatic heterocycles. The van der Waals surface area contributed by atoms with E-state index in [1.165, 1.54) is 6.07 Å². The van der Waals surface area contributed by atoms with Gasteiger partial charge < -0.3 is 9.05 Å². The lowest BCUT2D eigenvalue weighted by Crippen LogP contribution is -2.42. The average Bonchev–Trinajstić information content (AvgIpc) is 3.21. The largest absolute Gasteiger partial charge is 0.361 e. The predicted molar refractivity (Wildman–Crippen MR) is 87.1 cm³/mol. The van der Waals surface area contributed by atoms with Gasteiger partial charge in [-0.25, -0.2) is 8.78 Å². The number of benzene rings is 1. The summed E-state index contributed by atoms with van der Waals surface area (Å²) < 4.78 is 36.1. The Morgan fingerprint density at radius 1 is 1.04 bits per heavy atom. The molecule has 8 nitrogen and oxygen atoms in total. The van der Waals surface area contributed by atoms with E-state index in [9.17, 15) is 18.4 Å². The van der Waals surface area contributed by atoms with Gasteiger partial charge in [0.25, 0.3) is 5.91 Å². The van der Waals surface area contributed by atoms with Crippen LogP contribution in [0.2, 0.25) is 0 Å². The zero-order valence-electron chi connectivity index (χ0n) is 14.3. The number of halogens is 2. The highest BCUT2D eigenvalue weighted by Gasteiger charge is 2.24. The first-order chi connectivity index (χ1) is 12.8. The van der Waals surface area contributed by atoms with E-state index in [1.807, 2.05) is 0 Å². The quantitative estimate of drug-likeness (QED) is 0.676. The molecule has 0 radical (unpaired) electrons. The highest BCUT2D eigenvalue weighted by Crippen LogP contribution is 2.25. The van der Waals surface area contributed by atoms with E-state index in [0.29, 0.717) is 5.76 Å². The maximum Gasteiger partial charge on any atom is 0.275 e. The van der Waals surface area contributed by atoms with Gasteiger partial charge in [-0.15, -0.1) is 0 Å². The number of nitrogens with zero attached hydrogens (tertiary/aromatic N) is 2. The Kier molecular flexibility index (Phi) is 4.97. The maximum atomic E-state index is 13.2. The smallest absolute Gasteiger partial charge is 0.275 e. The highest BCUT2D eigenvalue weighted by atomic mass is 19.2. The SMILES string of the molecule is Cc1cc(-c2onc(C)c2C(=O)NNC(=O)Cc2ccc(F)c(F)c2)no1. The van der Waals surface area contributed by atoms with Crippen LogP contribution in [0, 0.1) is 25.5 Å². The van der Waals surface area contributed by atoms with Gasteiger partial charge >= 0.3 is 0 Å². The molecule has 0 fully saturated rings. The Morgan fingerprint density at radius 2 is 1.81 bits per heavy atom. The third kappa shape index (κ3) is 4.00. The minimum Gasteiger partial charge on any atom is -0.361 e. The summed E-state index contributed by atoms with van der Waals surface area (Å²) in [6.07, 6.45) is -0.255. The van der Waals surface area contributed by atoms with Crippen LogP contribution in [0.25, 0.3) is 11.5 Å². The summed E-state index contributed by atoms with van der Waals surface area (Å²) >= 11 is 0. The number of nitrogens with one attached hydrogen (secondary N) is 2. The van der Waals surface area contributed by atoms with Crippen molar-refractivity contribution in [1.82, 2.24) is 21.2 Å². The second kappa shape index (κ2) is 7.36. The van der Waals surface area contributed by atoms with Gasteiger partial charge in [0.1, 0.15) is 11.3 Å². The minimum absolute atomic E-state index is 0.0800. The monoisotopic (exact) mass is 376 g/mol. The number of carbonyl (C=O) groups is 2. The van der Waals surface area contributed by atoms with E-state index in [1.54, 1.807) is 19.9 Å². The van der Waals surface area contributed by atoms with Gasteiger partial charge in [0, 0.05) is 6.07 Å². The van der Waals surface area contributed by atoms with Gasteiger partial charge in [-0.1, -0.05) is 16.4 Å². The van der Waals surface area contributed by atoms with Crippen LogP contribution in [0.1, 0.15) is 27.4 Å². The number of aryl methyl sites for hydroxylation is 2. The Balaban J connectivity index is 1.66. The first-order valence-electron chi connectivity index (χ1n) is 7.78. The Labute approximate surface area is 151 Å². The molecule has 0 unspecified atom stereocenters. The second-order valence-electron chi connectivity index (χ2n) is 5.72. The van der Waals surface area contributed by atoms with Crippen molar-refractivity contribution in [3.8, 4) is 11.5 Å². The van der Waals surface area contributed by atoms with Crippen LogP contribution in [-0.4, -0.2) is 22.1 Å². The van der Waals surface area contributed by atoms with Crippen molar-refractivity contribution in [2.75, 3.05) is 0 Å². The van der Waals surface area contributed by atoms with Gasteiger partial charge in [-0.2, -0.15) is 0 Å². The van der Waals surface area contributed by atoms with Crippen molar-refractivity contribution in [1.29, 1.82) is 0 Å². The molecule has 0 saturated carbocycles. The molecule has 140 valence electrons. The Bertz CT molecular complexity index is 1010. The van der Waals surface area contributed by atoms with Gasteiger partial charge in [-0.3, -0.25) is 20.4 Å². The molecular weight excluding hydrogens is 362 g/mol. The van der Waals surface area contributed by atoms with Gasteiger partial charge in [0.2, 0.25) is 11.7 Å². The van der Waals surface area contributed by atoms with Crippen molar-refractivity contribution < 1.29 is 27.4 Å². The molecule has 0 aliphatic carbocycles. The number of hydrazine groups is 1. The number of rotatable bonds is 4. The number of aromatic nitrogens is 2. The number of hydrogen-bond donors (Lipinski definition) is 2. The highest BCUT2D eigenvalue weighted by molar-refractivity contribution is 6.00. The van der Waals surface area contributed by atoms with Crippen molar-refractivity contribution in [2.45, 2.75) is 20.3 Å². The zero-order valence-corrected chi connectivity index (χ0v) is 14.3. The molecule has 0 aliphatic rings. The van der Waals surface area contributed by atoms with Crippen LogP contribution < -0.4 is 10.9 Å². The number of hydrogen-bond acceptors (Lipinski definition) is 6. The fourth-order valence-corrected chi connectivity index (χ4v) is 2.35. The fourth-order valence-electron chi connectivity index (χ4n) is 2.35. The van der Waals surface area contributed by atoms with Crippen molar-refractivity contribution in [3.63, 3.8) is 0 Å². The molecule has 1 aromatic carbocycles. The van der Waals surface area contributed by atoms with E-state index in [2.05, 4.69) is 21.2 Å². The van der Waals surface area contributed by atoms with Crippen LogP contribution in [0.5, 0.6) is 0 Å². The van der Waals surface area contributed by atoms with Crippen LogP contribution in [0.4, 0.5) is 8.78 Å².